The Hall–Kier alpha value is -1.54. The number of rotatable bonds is 9. The number of thiophene rings is 1. The van der Waals surface area contributed by atoms with E-state index in [9.17, 15) is 8.42 Å². The van der Waals surface area contributed by atoms with E-state index in [1.165, 1.54) is 11.3 Å². The van der Waals surface area contributed by atoms with E-state index in [4.69, 9.17) is 21.1 Å². The number of sulfonamides is 1. The highest BCUT2D eigenvalue weighted by atomic mass is 35.5. The first-order valence-electron chi connectivity index (χ1n) is 8.01. The zero-order valence-corrected chi connectivity index (χ0v) is 17.2. The summed E-state index contributed by atoms with van der Waals surface area (Å²) in [5.74, 6) is 0.534. The lowest BCUT2D eigenvalue weighted by molar-refractivity contribution is 0.278. The Balaban J connectivity index is 2.00. The molecular formula is C18H22ClNO4S2. The zero-order valence-electron chi connectivity index (χ0n) is 14.9. The van der Waals surface area contributed by atoms with Crippen LogP contribution in [0.25, 0.3) is 0 Å². The van der Waals surface area contributed by atoms with Crippen molar-refractivity contribution in [1.29, 1.82) is 0 Å². The predicted octanol–water partition coefficient (Wildman–Crippen LogP) is 4.37. The first-order valence-corrected chi connectivity index (χ1v) is 10.9. The molecule has 0 radical (unpaired) electrons. The number of ether oxygens (including phenoxy) is 2. The second kappa shape index (κ2) is 9.41. The Kier molecular flexibility index (Phi) is 7.52. The van der Waals surface area contributed by atoms with Crippen LogP contribution in [0.5, 0.6) is 10.8 Å². The van der Waals surface area contributed by atoms with Gasteiger partial charge in [0, 0.05) is 11.4 Å². The Morgan fingerprint density at radius 1 is 1.35 bits per heavy atom. The van der Waals surface area contributed by atoms with Crippen LogP contribution in [-0.2, 0) is 22.3 Å². The monoisotopic (exact) mass is 415 g/mol. The minimum Gasteiger partial charge on any atom is -0.497 e. The number of allylic oxidation sites excluding steroid dienone is 1. The lowest BCUT2D eigenvalue weighted by Gasteiger charge is -2.08. The lowest BCUT2D eigenvalue weighted by Crippen LogP contribution is -2.24. The van der Waals surface area contributed by atoms with Gasteiger partial charge in [0.1, 0.15) is 11.9 Å². The van der Waals surface area contributed by atoms with Crippen molar-refractivity contribution in [3.05, 3.63) is 57.9 Å². The van der Waals surface area contributed by atoms with Crippen LogP contribution in [0.3, 0.4) is 0 Å². The van der Waals surface area contributed by atoms with Crippen LogP contribution in [0, 0.1) is 0 Å². The minimum absolute atomic E-state index is 0.133. The van der Waals surface area contributed by atoms with Crippen molar-refractivity contribution in [2.75, 3.05) is 7.11 Å². The molecule has 1 aromatic heterocycles. The predicted molar refractivity (Wildman–Crippen MR) is 107 cm³/mol. The molecule has 2 aromatic rings. The first-order chi connectivity index (χ1) is 12.3. The van der Waals surface area contributed by atoms with Gasteiger partial charge in [-0.05, 0) is 43.7 Å². The van der Waals surface area contributed by atoms with E-state index in [-0.39, 0.29) is 18.4 Å². The minimum atomic E-state index is -3.50. The van der Waals surface area contributed by atoms with Gasteiger partial charge in [-0.15, -0.1) is 11.3 Å². The van der Waals surface area contributed by atoms with Gasteiger partial charge in [0.15, 0.2) is 5.06 Å². The topological polar surface area (TPSA) is 64.6 Å². The maximum atomic E-state index is 12.3. The van der Waals surface area contributed by atoms with Crippen LogP contribution in [0.15, 0.2) is 42.5 Å². The fraction of sp³-hybridized carbons (Fsp3) is 0.333. The fourth-order valence-electron chi connectivity index (χ4n) is 2.24. The van der Waals surface area contributed by atoms with Gasteiger partial charge in [0.2, 0.25) is 10.0 Å². The summed E-state index contributed by atoms with van der Waals surface area (Å²) in [6.07, 6.45) is 3.65. The molecule has 1 N–H and O–H groups in total. The van der Waals surface area contributed by atoms with Gasteiger partial charge in [-0.3, -0.25) is 0 Å². The Bertz CT molecular complexity index is 862. The molecule has 0 aliphatic heterocycles. The van der Waals surface area contributed by atoms with Gasteiger partial charge < -0.3 is 9.47 Å². The van der Waals surface area contributed by atoms with Crippen LogP contribution in [0.4, 0.5) is 0 Å². The lowest BCUT2D eigenvalue weighted by atomic mass is 10.2. The Morgan fingerprint density at radius 3 is 2.81 bits per heavy atom. The zero-order chi connectivity index (χ0) is 19.2. The SMILES string of the molecule is C/C=C\C(C)Oc1sc(CS(=O)(=O)NCc2cccc(OC)c2)cc1Cl. The van der Waals surface area contributed by atoms with Crippen molar-refractivity contribution in [2.24, 2.45) is 0 Å². The van der Waals surface area contributed by atoms with Crippen LogP contribution in [0.2, 0.25) is 5.02 Å². The largest absolute Gasteiger partial charge is 0.497 e. The normalized spacial score (nSPS) is 13.1. The molecule has 26 heavy (non-hydrogen) atoms. The van der Waals surface area contributed by atoms with Crippen molar-refractivity contribution in [3.8, 4) is 10.8 Å². The molecule has 0 fully saturated rings. The molecule has 0 bridgehead atoms. The Labute approximate surface area is 163 Å². The third kappa shape index (κ3) is 6.32. The van der Waals surface area contributed by atoms with Gasteiger partial charge in [-0.1, -0.05) is 29.8 Å². The van der Waals surface area contributed by atoms with Gasteiger partial charge in [0.05, 0.1) is 17.9 Å². The van der Waals surface area contributed by atoms with E-state index in [0.717, 1.165) is 5.56 Å². The molecule has 1 heterocycles. The molecule has 1 atom stereocenters. The van der Waals surface area contributed by atoms with E-state index in [1.54, 1.807) is 19.2 Å². The first kappa shape index (κ1) is 20.8. The fourth-order valence-corrected chi connectivity index (χ4v) is 5.02. The van der Waals surface area contributed by atoms with Crippen LogP contribution >= 0.6 is 22.9 Å². The van der Waals surface area contributed by atoms with E-state index in [0.29, 0.717) is 20.7 Å². The van der Waals surface area contributed by atoms with E-state index in [1.807, 2.05) is 44.2 Å². The molecule has 0 saturated heterocycles. The summed E-state index contributed by atoms with van der Waals surface area (Å²) in [4.78, 5) is 0.621. The smallest absolute Gasteiger partial charge is 0.216 e. The number of nitrogens with one attached hydrogen (secondary N) is 1. The highest BCUT2D eigenvalue weighted by Crippen LogP contribution is 2.36. The molecule has 0 aliphatic carbocycles. The second-order valence-electron chi connectivity index (χ2n) is 5.63. The van der Waals surface area contributed by atoms with Gasteiger partial charge >= 0.3 is 0 Å². The van der Waals surface area contributed by atoms with Crippen LogP contribution < -0.4 is 14.2 Å². The van der Waals surface area contributed by atoms with Gasteiger partial charge in [-0.2, -0.15) is 0 Å². The van der Waals surface area contributed by atoms with Crippen molar-refractivity contribution in [3.63, 3.8) is 0 Å². The Morgan fingerprint density at radius 2 is 2.12 bits per heavy atom. The van der Waals surface area contributed by atoms with E-state index >= 15 is 0 Å². The second-order valence-corrected chi connectivity index (χ2v) is 8.94. The summed E-state index contributed by atoms with van der Waals surface area (Å²) < 4.78 is 38.1. The van der Waals surface area contributed by atoms with E-state index < -0.39 is 10.0 Å². The van der Waals surface area contributed by atoms with Crippen molar-refractivity contribution < 1.29 is 17.9 Å². The summed E-state index contributed by atoms with van der Waals surface area (Å²) >= 11 is 7.40. The summed E-state index contributed by atoms with van der Waals surface area (Å²) in [6.45, 7) is 3.99. The number of benzene rings is 1. The number of halogens is 1. The maximum absolute atomic E-state index is 12.3. The molecule has 2 rings (SSSR count). The molecule has 8 heteroatoms. The van der Waals surface area contributed by atoms with Crippen molar-refractivity contribution >= 4 is 33.0 Å². The van der Waals surface area contributed by atoms with Gasteiger partial charge in [0.25, 0.3) is 0 Å². The van der Waals surface area contributed by atoms with Crippen molar-refractivity contribution in [1.82, 2.24) is 4.72 Å². The molecule has 0 spiro atoms. The molecule has 1 unspecified atom stereocenters. The highest BCUT2D eigenvalue weighted by molar-refractivity contribution is 7.88. The highest BCUT2D eigenvalue weighted by Gasteiger charge is 2.17. The third-order valence-electron chi connectivity index (χ3n) is 3.43. The maximum Gasteiger partial charge on any atom is 0.216 e. The van der Waals surface area contributed by atoms with Crippen LogP contribution in [0.1, 0.15) is 24.3 Å². The third-order valence-corrected chi connectivity index (χ3v) is 6.30. The average Bonchev–Trinajstić information content (AvgIpc) is 2.92. The summed E-state index contributed by atoms with van der Waals surface area (Å²) in [6, 6.07) is 8.88. The quantitative estimate of drug-likeness (QED) is 0.617. The molecule has 0 saturated carbocycles. The standard InChI is InChI=1S/C18H22ClNO4S2/c1-4-6-13(2)24-18-17(19)10-16(25-18)12-26(21,22)20-11-14-7-5-8-15(9-14)23-3/h4-10,13,20H,11-12H2,1-3H3/b6-4-. The van der Waals surface area contributed by atoms with Gasteiger partial charge in [-0.25, -0.2) is 13.1 Å². The average molecular weight is 416 g/mol. The molecule has 0 amide bonds. The molecule has 142 valence electrons. The number of hydrogen-bond donors (Lipinski definition) is 1. The van der Waals surface area contributed by atoms with Crippen LogP contribution in [-0.4, -0.2) is 21.6 Å². The number of hydrogen-bond acceptors (Lipinski definition) is 5. The summed E-state index contributed by atoms with van der Waals surface area (Å²) in [5, 5.41) is 0.944. The van der Waals surface area contributed by atoms with Crippen molar-refractivity contribution in [2.45, 2.75) is 32.2 Å². The summed E-state index contributed by atoms with van der Waals surface area (Å²) in [5.41, 5.74) is 0.821. The number of methoxy groups -OCH3 is 1. The summed E-state index contributed by atoms with van der Waals surface area (Å²) in [7, 11) is -1.93. The molecular weight excluding hydrogens is 394 g/mol. The van der Waals surface area contributed by atoms with E-state index in [2.05, 4.69) is 4.72 Å². The molecule has 5 nitrogen and oxygen atoms in total. The molecule has 1 aromatic carbocycles. The molecule has 0 aliphatic rings.